The molecule has 0 atom stereocenters. The maximum Gasteiger partial charge on any atom is 0.407 e. The Kier molecular flexibility index (Phi) is 25.6. The van der Waals surface area contributed by atoms with Crippen molar-refractivity contribution in [3.63, 3.8) is 0 Å². The molecule has 0 radical (unpaired) electrons. The SMILES string of the molecule is CCCCNC(=O)OCC.[CH2-]C.[Zn]. The molecule has 1 amide bonds. The van der Waals surface area contributed by atoms with Crippen molar-refractivity contribution in [1.29, 1.82) is 0 Å². The Morgan fingerprint density at radius 3 is 2.31 bits per heavy atom. The summed E-state index contributed by atoms with van der Waals surface area (Å²) in [5.41, 5.74) is 0. The summed E-state index contributed by atoms with van der Waals surface area (Å²) in [6.07, 6.45) is 1.79. The zero-order valence-electron chi connectivity index (χ0n) is 9.06. The van der Waals surface area contributed by atoms with Crippen molar-refractivity contribution in [1.82, 2.24) is 5.32 Å². The van der Waals surface area contributed by atoms with Crippen molar-refractivity contribution in [2.75, 3.05) is 13.2 Å². The van der Waals surface area contributed by atoms with Gasteiger partial charge in [-0.05, 0) is 13.3 Å². The summed E-state index contributed by atoms with van der Waals surface area (Å²) < 4.78 is 4.64. The Balaban J connectivity index is -0.000000309. The minimum Gasteiger partial charge on any atom is -0.450 e. The van der Waals surface area contributed by atoms with Crippen LogP contribution in [0.1, 0.15) is 33.6 Å². The van der Waals surface area contributed by atoms with Gasteiger partial charge in [0.15, 0.2) is 0 Å². The van der Waals surface area contributed by atoms with E-state index in [0.717, 1.165) is 19.4 Å². The minimum absolute atomic E-state index is 0. The molecule has 0 aliphatic heterocycles. The van der Waals surface area contributed by atoms with Gasteiger partial charge in [0, 0.05) is 26.0 Å². The molecule has 0 saturated carbocycles. The van der Waals surface area contributed by atoms with Crippen LogP contribution in [-0.2, 0) is 24.2 Å². The van der Waals surface area contributed by atoms with Crippen molar-refractivity contribution in [3.05, 3.63) is 6.92 Å². The summed E-state index contributed by atoms with van der Waals surface area (Å²) in [5, 5.41) is 2.62. The fourth-order valence-corrected chi connectivity index (χ4v) is 0.549. The van der Waals surface area contributed by atoms with Crippen LogP contribution in [0, 0.1) is 6.92 Å². The molecule has 0 fully saturated rings. The average molecular weight is 240 g/mol. The Morgan fingerprint density at radius 1 is 1.38 bits per heavy atom. The third kappa shape index (κ3) is 18.7. The zero-order valence-corrected chi connectivity index (χ0v) is 12.0. The van der Waals surface area contributed by atoms with E-state index in [1.807, 2.05) is 0 Å². The number of unbranched alkanes of at least 4 members (excludes halogenated alkanes) is 1. The van der Waals surface area contributed by atoms with Gasteiger partial charge in [0.05, 0.1) is 6.61 Å². The maximum atomic E-state index is 10.6. The van der Waals surface area contributed by atoms with Gasteiger partial charge >= 0.3 is 6.09 Å². The minimum atomic E-state index is -0.309. The van der Waals surface area contributed by atoms with Gasteiger partial charge in [0.2, 0.25) is 0 Å². The Hall–Kier alpha value is -0.107. The van der Waals surface area contributed by atoms with Gasteiger partial charge in [0.25, 0.3) is 0 Å². The Labute approximate surface area is 94.4 Å². The summed E-state index contributed by atoms with van der Waals surface area (Å²) in [5.74, 6) is 0. The van der Waals surface area contributed by atoms with E-state index in [-0.39, 0.29) is 25.6 Å². The molecule has 13 heavy (non-hydrogen) atoms. The molecule has 4 heteroatoms. The van der Waals surface area contributed by atoms with Crippen LogP contribution in [0.4, 0.5) is 4.79 Å². The molecule has 0 rings (SSSR count). The number of alkyl carbamates (subject to hydrolysis) is 1. The van der Waals surface area contributed by atoms with Crippen LogP contribution in [0.15, 0.2) is 0 Å². The topological polar surface area (TPSA) is 38.3 Å². The second kappa shape index (κ2) is 17.8. The third-order valence-electron chi connectivity index (χ3n) is 1.08. The van der Waals surface area contributed by atoms with Crippen LogP contribution < -0.4 is 5.32 Å². The molecule has 0 saturated heterocycles. The monoisotopic (exact) mass is 238 g/mol. The van der Waals surface area contributed by atoms with E-state index < -0.39 is 0 Å². The molecule has 0 aromatic heterocycles. The molecule has 0 aromatic carbocycles. The number of carbonyl (C=O) groups excluding carboxylic acids is 1. The summed E-state index contributed by atoms with van der Waals surface area (Å²) >= 11 is 0. The van der Waals surface area contributed by atoms with Gasteiger partial charge in [0.1, 0.15) is 0 Å². The van der Waals surface area contributed by atoms with E-state index in [1.54, 1.807) is 13.8 Å². The predicted molar refractivity (Wildman–Crippen MR) is 51.0 cm³/mol. The smallest absolute Gasteiger partial charge is 0.407 e. The van der Waals surface area contributed by atoms with Crippen LogP contribution in [0.25, 0.3) is 0 Å². The Bertz CT molecular complexity index is 99.6. The number of hydrogen-bond donors (Lipinski definition) is 1. The van der Waals surface area contributed by atoms with Crippen molar-refractivity contribution in [2.24, 2.45) is 0 Å². The van der Waals surface area contributed by atoms with Gasteiger partial charge in [-0.3, -0.25) is 0 Å². The summed E-state index contributed by atoms with van der Waals surface area (Å²) in [6.45, 7) is 10.0. The molecule has 0 aliphatic rings. The molecule has 0 heterocycles. The number of rotatable bonds is 4. The molecule has 1 N–H and O–H groups in total. The molecule has 0 aliphatic carbocycles. The third-order valence-corrected chi connectivity index (χ3v) is 1.08. The first-order chi connectivity index (χ1) is 5.81. The predicted octanol–water partition coefficient (Wildman–Crippen LogP) is 2.37. The molecule has 0 bridgehead atoms. The number of amides is 1. The van der Waals surface area contributed by atoms with Crippen LogP contribution >= 0.6 is 0 Å². The van der Waals surface area contributed by atoms with Crippen molar-refractivity contribution in [3.8, 4) is 0 Å². The van der Waals surface area contributed by atoms with Gasteiger partial charge < -0.3 is 17.0 Å². The Morgan fingerprint density at radius 2 is 1.92 bits per heavy atom. The molecule has 0 aromatic rings. The molecule has 0 unspecified atom stereocenters. The second-order valence-corrected chi connectivity index (χ2v) is 2.00. The van der Waals surface area contributed by atoms with Crippen LogP contribution in [0.5, 0.6) is 0 Å². The second-order valence-electron chi connectivity index (χ2n) is 2.00. The van der Waals surface area contributed by atoms with Crippen molar-refractivity contribution < 1.29 is 29.0 Å². The number of ether oxygens (including phenoxy) is 1. The zero-order chi connectivity index (χ0) is 9.82. The van der Waals surface area contributed by atoms with Crippen molar-refractivity contribution in [2.45, 2.75) is 33.6 Å². The van der Waals surface area contributed by atoms with Gasteiger partial charge in [-0.15, -0.1) is 0 Å². The number of nitrogens with one attached hydrogen (secondary N) is 1. The first kappa shape index (κ1) is 18.6. The molecule has 0 spiro atoms. The molecular formula is C9H20NO2Zn-. The normalized spacial score (nSPS) is 7.38. The fourth-order valence-electron chi connectivity index (χ4n) is 0.549. The van der Waals surface area contributed by atoms with Gasteiger partial charge in [-0.25, -0.2) is 4.79 Å². The van der Waals surface area contributed by atoms with Gasteiger partial charge in [-0.1, -0.05) is 13.3 Å². The summed E-state index contributed by atoms with van der Waals surface area (Å²) in [7, 11) is 0. The van der Waals surface area contributed by atoms with E-state index in [2.05, 4.69) is 23.9 Å². The van der Waals surface area contributed by atoms with E-state index >= 15 is 0 Å². The van der Waals surface area contributed by atoms with E-state index in [1.165, 1.54) is 0 Å². The summed E-state index contributed by atoms with van der Waals surface area (Å²) in [6, 6.07) is 0. The first-order valence-electron chi connectivity index (χ1n) is 4.42. The van der Waals surface area contributed by atoms with Gasteiger partial charge in [-0.2, -0.15) is 6.92 Å². The first-order valence-corrected chi connectivity index (χ1v) is 4.42. The standard InChI is InChI=1S/C7H15NO2.C2H5.Zn/c1-3-5-6-8-7(9)10-4-2;1-2;/h3-6H2,1-2H3,(H,8,9);1H2,2H3;/q;-1;. The number of carbonyl (C=O) groups is 1. The molecule has 3 nitrogen and oxygen atoms in total. The molecular weight excluding hydrogens is 219 g/mol. The van der Waals surface area contributed by atoms with E-state index in [0.29, 0.717) is 6.61 Å². The van der Waals surface area contributed by atoms with Crippen LogP contribution in [-0.4, -0.2) is 19.2 Å². The average Bonchev–Trinajstić information content (AvgIpc) is 2.09. The quantitative estimate of drug-likeness (QED) is 0.465. The fraction of sp³-hybridized carbons (Fsp3) is 0.778. The van der Waals surface area contributed by atoms with Crippen LogP contribution in [0.2, 0.25) is 0 Å². The van der Waals surface area contributed by atoms with E-state index in [9.17, 15) is 4.79 Å². The van der Waals surface area contributed by atoms with Crippen LogP contribution in [0.3, 0.4) is 0 Å². The maximum absolute atomic E-state index is 10.6. The number of hydrogen-bond acceptors (Lipinski definition) is 2. The summed E-state index contributed by atoms with van der Waals surface area (Å²) in [4.78, 5) is 10.6. The molecule has 76 valence electrons. The largest absolute Gasteiger partial charge is 0.450 e. The van der Waals surface area contributed by atoms with Crippen molar-refractivity contribution >= 4 is 6.09 Å². The van der Waals surface area contributed by atoms with E-state index in [4.69, 9.17) is 0 Å².